The van der Waals surface area contributed by atoms with Crippen LogP contribution in [0.4, 0.5) is 13.2 Å². The normalized spacial score (nSPS) is 11.3. The SMILES string of the molecule is Cc1ccc(C)n1NNC(=O)c1cnccc1C(F)(F)F. The first-order valence-electron chi connectivity index (χ1n) is 6.03. The fourth-order valence-electron chi connectivity index (χ4n) is 1.84. The lowest BCUT2D eigenvalue weighted by Gasteiger charge is -2.15. The van der Waals surface area contributed by atoms with Crippen LogP contribution in [-0.2, 0) is 6.18 Å². The first-order chi connectivity index (χ1) is 9.80. The van der Waals surface area contributed by atoms with Gasteiger partial charge in [0.25, 0.3) is 5.91 Å². The van der Waals surface area contributed by atoms with E-state index in [0.29, 0.717) is 0 Å². The maximum absolute atomic E-state index is 12.8. The van der Waals surface area contributed by atoms with Gasteiger partial charge in [0.05, 0.1) is 11.1 Å². The van der Waals surface area contributed by atoms with Gasteiger partial charge in [-0.3, -0.25) is 19.9 Å². The summed E-state index contributed by atoms with van der Waals surface area (Å²) in [7, 11) is 0. The number of aromatic nitrogens is 2. The Bertz CT molecular complexity index is 644. The molecule has 21 heavy (non-hydrogen) atoms. The van der Waals surface area contributed by atoms with E-state index in [1.807, 2.05) is 0 Å². The molecule has 2 aromatic rings. The highest BCUT2D eigenvalue weighted by Gasteiger charge is 2.35. The van der Waals surface area contributed by atoms with Gasteiger partial charge in [0, 0.05) is 23.8 Å². The summed E-state index contributed by atoms with van der Waals surface area (Å²) >= 11 is 0. The van der Waals surface area contributed by atoms with Gasteiger partial charge in [-0.1, -0.05) is 0 Å². The molecule has 0 radical (unpaired) electrons. The molecule has 0 aliphatic rings. The van der Waals surface area contributed by atoms with E-state index in [4.69, 9.17) is 0 Å². The second-order valence-electron chi connectivity index (χ2n) is 4.44. The Morgan fingerprint density at radius 3 is 2.38 bits per heavy atom. The largest absolute Gasteiger partial charge is 0.417 e. The van der Waals surface area contributed by atoms with Crippen LogP contribution in [0.5, 0.6) is 0 Å². The number of hydrogen-bond donors (Lipinski definition) is 2. The minimum absolute atomic E-state index is 0.542. The summed E-state index contributed by atoms with van der Waals surface area (Å²) in [6.45, 7) is 3.58. The van der Waals surface area contributed by atoms with Crippen molar-refractivity contribution in [2.75, 3.05) is 5.53 Å². The van der Waals surface area contributed by atoms with Crippen LogP contribution in [0, 0.1) is 13.8 Å². The van der Waals surface area contributed by atoms with Crippen LogP contribution in [0.2, 0.25) is 0 Å². The summed E-state index contributed by atoms with van der Waals surface area (Å²) < 4.78 is 40.0. The van der Waals surface area contributed by atoms with Crippen LogP contribution in [-0.4, -0.2) is 15.6 Å². The number of alkyl halides is 3. The summed E-state index contributed by atoms with van der Waals surface area (Å²) in [6.07, 6.45) is -2.74. The van der Waals surface area contributed by atoms with Crippen molar-refractivity contribution in [3.63, 3.8) is 0 Å². The zero-order valence-electron chi connectivity index (χ0n) is 11.3. The molecule has 0 aromatic carbocycles. The minimum atomic E-state index is -4.62. The smallest absolute Gasteiger partial charge is 0.267 e. The summed E-state index contributed by atoms with van der Waals surface area (Å²) in [5.74, 6) is -0.914. The molecule has 0 saturated heterocycles. The van der Waals surface area contributed by atoms with E-state index in [0.717, 1.165) is 29.8 Å². The molecule has 0 unspecified atom stereocenters. The molecular weight excluding hydrogens is 285 g/mol. The van der Waals surface area contributed by atoms with Crippen molar-refractivity contribution >= 4 is 5.91 Å². The van der Waals surface area contributed by atoms with Crippen LogP contribution in [0.3, 0.4) is 0 Å². The number of halogens is 3. The molecule has 0 bridgehead atoms. The van der Waals surface area contributed by atoms with Crippen LogP contribution < -0.4 is 11.0 Å². The van der Waals surface area contributed by atoms with Crippen molar-refractivity contribution in [3.05, 3.63) is 53.1 Å². The number of carbonyl (C=O) groups excluding carboxylic acids is 1. The summed E-state index contributed by atoms with van der Waals surface area (Å²) in [5, 5.41) is 0. The fourth-order valence-corrected chi connectivity index (χ4v) is 1.84. The van der Waals surface area contributed by atoms with E-state index in [1.165, 1.54) is 0 Å². The van der Waals surface area contributed by atoms with E-state index in [9.17, 15) is 18.0 Å². The standard InChI is InChI=1S/C13H13F3N4O/c1-8-3-4-9(2)20(8)19-18-12(21)10-7-17-6-5-11(10)13(14,15)16/h3-7,19H,1-2H3,(H,18,21). The Hall–Kier alpha value is -2.51. The number of rotatable bonds is 3. The Labute approximate surface area is 118 Å². The number of pyridine rings is 1. The molecule has 0 aliphatic carbocycles. The molecule has 2 aromatic heterocycles. The van der Waals surface area contributed by atoms with Crippen LogP contribution in [0.15, 0.2) is 30.6 Å². The van der Waals surface area contributed by atoms with E-state index >= 15 is 0 Å². The van der Waals surface area contributed by atoms with Gasteiger partial charge in [0.2, 0.25) is 0 Å². The van der Waals surface area contributed by atoms with Gasteiger partial charge in [-0.2, -0.15) is 13.2 Å². The third-order valence-electron chi connectivity index (χ3n) is 2.92. The molecule has 0 spiro atoms. The number of nitrogens with one attached hydrogen (secondary N) is 2. The van der Waals surface area contributed by atoms with Crippen molar-refractivity contribution in [3.8, 4) is 0 Å². The van der Waals surface area contributed by atoms with Gasteiger partial charge in [-0.15, -0.1) is 0 Å². The van der Waals surface area contributed by atoms with Crippen LogP contribution in [0.25, 0.3) is 0 Å². The number of nitrogens with zero attached hydrogens (tertiary/aromatic N) is 2. The molecule has 5 nitrogen and oxygen atoms in total. The van der Waals surface area contributed by atoms with E-state index in [2.05, 4.69) is 15.9 Å². The topological polar surface area (TPSA) is 59.0 Å². The van der Waals surface area contributed by atoms with Crippen LogP contribution in [0.1, 0.15) is 27.3 Å². The Morgan fingerprint density at radius 2 is 1.81 bits per heavy atom. The molecule has 0 atom stereocenters. The van der Waals surface area contributed by atoms with Gasteiger partial charge in [0.1, 0.15) is 0 Å². The van der Waals surface area contributed by atoms with Crippen molar-refractivity contribution in [1.82, 2.24) is 15.1 Å². The lowest BCUT2D eigenvalue weighted by atomic mass is 10.1. The Kier molecular flexibility index (Phi) is 3.88. The molecule has 2 N–H and O–H groups in total. The molecule has 1 amide bonds. The first-order valence-corrected chi connectivity index (χ1v) is 6.03. The Balaban J connectivity index is 2.19. The number of hydrazine groups is 1. The zero-order valence-corrected chi connectivity index (χ0v) is 11.3. The summed E-state index contributed by atoms with van der Waals surface area (Å²) in [6, 6.07) is 4.38. The number of amides is 1. The lowest BCUT2D eigenvalue weighted by molar-refractivity contribution is -0.138. The number of carbonyl (C=O) groups is 1. The average molecular weight is 298 g/mol. The monoisotopic (exact) mass is 298 g/mol. The second-order valence-corrected chi connectivity index (χ2v) is 4.44. The number of aryl methyl sites for hydroxylation is 2. The van der Waals surface area contributed by atoms with E-state index in [-0.39, 0.29) is 0 Å². The highest BCUT2D eigenvalue weighted by molar-refractivity contribution is 5.95. The lowest BCUT2D eigenvalue weighted by Crippen LogP contribution is -2.37. The maximum atomic E-state index is 12.8. The fraction of sp³-hybridized carbons (Fsp3) is 0.231. The number of hydrogen-bond acceptors (Lipinski definition) is 3. The summed E-state index contributed by atoms with van der Waals surface area (Å²) in [5.41, 5.74) is 4.82. The minimum Gasteiger partial charge on any atom is -0.267 e. The third-order valence-corrected chi connectivity index (χ3v) is 2.92. The molecule has 2 rings (SSSR count). The van der Waals surface area contributed by atoms with Crippen LogP contribution >= 0.6 is 0 Å². The highest BCUT2D eigenvalue weighted by Crippen LogP contribution is 2.31. The third kappa shape index (κ3) is 3.15. The van der Waals surface area contributed by atoms with Gasteiger partial charge < -0.3 is 0 Å². The Morgan fingerprint density at radius 1 is 1.19 bits per heavy atom. The van der Waals surface area contributed by atoms with E-state index < -0.39 is 23.2 Å². The molecule has 0 saturated carbocycles. The van der Waals surface area contributed by atoms with Crippen molar-refractivity contribution < 1.29 is 18.0 Å². The van der Waals surface area contributed by atoms with Crippen molar-refractivity contribution in [1.29, 1.82) is 0 Å². The highest BCUT2D eigenvalue weighted by atomic mass is 19.4. The molecular formula is C13H13F3N4O. The van der Waals surface area contributed by atoms with E-state index in [1.54, 1.807) is 30.7 Å². The van der Waals surface area contributed by atoms with Gasteiger partial charge >= 0.3 is 6.18 Å². The predicted octanol–water partition coefficient (Wildman–Crippen LogP) is 2.41. The average Bonchev–Trinajstić information content (AvgIpc) is 2.74. The second kappa shape index (κ2) is 5.47. The predicted molar refractivity (Wildman–Crippen MR) is 70.0 cm³/mol. The first kappa shape index (κ1) is 14.9. The quantitative estimate of drug-likeness (QED) is 0.856. The van der Waals surface area contributed by atoms with Gasteiger partial charge in [-0.25, -0.2) is 5.53 Å². The summed E-state index contributed by atoms with van der Waals surface area (Å²) in [4.78, 5) is 15.5. The maximum Gasteiger partial charge on any atom is 0.417 e. The van der Waals surface area contributed by atoms with Crippen molar-refractivity contribution in [2.24, 2.45) is 0 Å². The van der Waals surface area contributed by atoms with Crippen molar-refractivity contribution in [2.45, 2.75) is 20.0 Å². The van der Waals surface area contributed by atoms with Gasteiger partial charge in [-0.05, 0) is 32.0 Å². The molecule has 8 heteroatoms. The molecule has 0 aliphatic heterocycles. The van der Waals surface area contributed by atoms with Gasteiger partial charge in [0.15, 0.2) is 0 Å². The molecule has 0 fully saturated rings. The molecule has 112 valence electrons. The zero-order chi connectivity index (χ0) is 15.6. The molecule has 2 heterocycles.